The summed E-state index contributed by atoms with van der Waals surface area (Å²) >= 11 is 0. The third kappa shape index (κ3) is 2.97. The smallest absolute Gasteiger partial charge is 0.244 e. The number of rotatable bonds is 5. The van der Waals surface area contributed by atoms with Crippen LogP contribution in [0.25, 0.3) is 11.5 Å². The van der Waals surface area contributed by atoms with Crippen LogP contribution in [-0.2, 0) is 11.3 Å². The van der Waals surface area contributed by atoms with Gasteiger partial charge >= 0.3 is 0 Å². The highest BCUT2D eigenvalue weighted by Gasteiger charge is 2.15. The molecule has 3 aromatic heterocycles. The van der Waals surface area contributed by atoms with Gasteiger partial charge in [0.2, 0.25) is 11.7 Å². The minimum atomic E-state index is -0.391. The zero-order valence-corrected chi connectivity index (χ0v) is 11.8. The molecule has 0 aromatic carbocycles. The molecule has 0 radical (unpaired) electrons. The topological polar surface area (TPSA) is 114 Å². The summed E-state index contributed by atoms with van der Waals surface area (Å²) in [6, 6.07) is 1.38. The molecule has 9 nitrogen and oxygen atoms in total. The van der Waals surface area contributed by atoms with E-state index in [9.17, 15) is 4.79 Å². The molecular weight excluding hydrogens is 284 g/mol. The van der Waals surface area contributed by atoms with Gasteiger partial charge in [0.05, 0.1) is 12.7 Å². The molecule has 0 fully saturated rings. The van der Waals surface area contributed by atoms with Crippen molar-refractivity contribution in [3.63, 3.8) is 0 Å². The first kappa shape index (κ1) is 13.9. The molecule has 0 aliphatic carbocycles. The average Bonchev–Trinajstić information content (AvgIpc) is 3.24. The van der Waals surface area contributed by atoms with Crippen molar-refractivity contribution in [3.8, 4) is 11.5 Å². The van der Waals surface area contributed by atoms with Crippen LogP contribution in [-0.4, -0.2) is 40.8 Å². The van der Waals surface area contributed by atoms with Crippen LogP contribution in [0.4, 0.5) is 0 Å². The van der Waals surface area contributed by atoms with Crippen LogP contribution >= 0.6 is 0 Å². The van der Waals surface area contributed by atoms with Crippen molar-refractivity contribution in [2.24, 2.45) is 0 Å². The van der Waals surface area contributed by atoms with Gasteiger partial charge in [0.25, 0.3) is 0 Å². The monoisotopic (exact) mass is 298 g/mol. The highest BCUT2D eigenvalue weighted by atomic mass is 16.2. The highest BCUT2D eigenvalue weighted by molar-refractivity contribution is 5.79. The Balaban J connectivity index is 1.60. The van der Waals surface area contributed by atoms with E-state index in [0.29, 0.717) is 17.3 Å². The van der Waals surface area contributed by atoms with Crippen molar-refractivity contribution < 1.29 is 4.79 Å². The molecule has 3 aromatic rings. The lowest BCUT2D eigenvalue weighted by molar-refractivity contribution is -0.124. The molecular formula is C13H14N8O. The number of aromatic amines is 1. The molecule has 0 spiro atoms. The Morgan fingerprint density at radius 1 is 1.41 bits per heavy atom. The SMILES string of the molecule is C[C@H](C(=O)NCc1nc(-c2cnccn2)n[nH]1)n1cccn1. The Hall–Kier alpha value is -3.10. The summed E-state index contributed by atoms with van der Waals surface area (Å²) in [6.45, 7) is 2.02. The Labute approximate surface area is 125 Å². The molecule has 0 unspecified atom stereocenters. The van der Waals surface area contributed by atoms with E-state index in [0.717, 1.165) is 0 Å². The predicted molar refractivity (Wildman–Crippen MR) is 76.2 cm³/mol. The molecule has 3 rings (SSSR count). The van der Waals surface area contributed by atoms with Gasteiger partial charge in [-0.1, -0.05) is 0 Å². The molecule has 1 atom stereocenters. The Bertz CT molecular complexity index is 737. The van der Waals surface area contributed by atoms with Gasteiger partial charge in [0.15, 0.2) is 0 Å². The second kappa shape index (κ2) is 6.12. The second-order valence-corrected chi connectivity index (χ2v) is 4.58. The molecule has 0 aliphatic heterocycles. The molecule has 112 valence electrons. The van der Waals surface area contributed by atoms with Crippen LogP contribution in [0.2, 0.25) is 0 Å². The fourth-order valence-corrected chi connectivity index (χ4v) is 1.85. The van der Waals surface area contributed by atoms with Crippen LogP contribution in [0.1, 0.15) is 18.8 Å². The Morgan fingerprint density at radius 3 is 3.05 bits per heavy atom. The summed E-state index contributed by atoms with van der Waals surface area (Å²) in [5, 5.41) is 13.6. The molecule has 0 saturated carbocycles. The van der Waals surface area contributed by atoms with Gasteiger partial charge in [0, 0.05) is 24.8 Å². The lowest BCUT2D eigenvalue weighted by Crippen LogP contribution is -2.31. The zero-order valence-electron chi connectivity index (χ0n) is 11.8. The summed E-state index contributed by atoms with van der Waals surface area (Å²) in [4.78, 5) is 24.4. The maximum absolute atomic E-state index is 12.0. The highest BCUT2D eigenvalue weighted by Crippen LogP contribution is 2.09. The van der Waals surface area contributed by atoms with Crippen LogP contribution in [0.15, 0.2) is 37.1 Å². The Kier molecular flexibility index (Phi) is 3.86. The maximum atomic E-state index is 12.0. The minimum Gasteiger partial charge on any atom is -0.347 e. The van der Waals surface area contributed by atoms with Gasteiger partial charge in [-0.3, -0.25) is 19.6 Å². The second-order valence-electron chi connectivity index (χ2n) is 4.58. The Morgan fingerprint density at radius 2 is 2.32 bits per heavy atom. The van der Waals surface area contributed by atoms with E-state index < -0.39 is 6.04 Å². The minimum absolute atomic E-state index is 0.152. The van der Waals surface area contributed by atoms with Crippen molar-refractivity contribution in [2.75, 3.05) is 0 Å². The quantitative estimate of drug-likeness (QED) is 0.702. The molecule has 2 N–H and O–H groups in total. The molecule has 0 aliphatic rings. The third-order valence-electron chi connectivity index (χ3n) is 3.06. The van der Waals surface area contributed by atoms with Crippen molar-refractivity contribution in [1.82, 2.24) is 40.2 Å². The number of amides is 1. The van der Waals surface area contributed by atoms with Crippen LogP contribution in [0.5, 0.6) is 0 Å². The van der Waals surface area contributed by atoms with Gasteiger partial charge in [-0.05, 0) is 13.0 Å². The van der Waals surface area contributed by atoms with Gasteiger partial charge in [-0.2, -0.15) is 10.2 Å². The first-order chi connectivity index (χ1) is 10.7. The maximum Gasteiger partial charge on any atom is 0.244 e. The molecule has 9 heteroatoms. The molecule has 1 amide bonds. The largest absolute Gasteiger partial charge is 0.347 e. The molecule has 0 saturated heterocycles. The number of carbonyl (C=O) groups excluding carboxylic acids is 1. The number of carbonyl (C=O) groups is 1. The van der Waals surface area contributed by atoms with Crippen molar-refractivity contribution in [2.45, 2.75) is 19.5 Å². The van der Waals surface area contributed by atoms with Gasteiger partial charge < -0.3 is 5.32 Å². The lowest BCUT2D eigenvalue weighted by atomic mass is 10.3. The summed E-state index contributed by atoms with van der Waals surface area (Å²) in [6.07, 6.45) is 8.09. The summed E-state index contributed by atoms with van der Waals surface area (Å²) in [7, 11) is 0. The van der Waals surface area contributed by atoms with E-state index in [1.54, 1.807) is 48.7 Å². The number of H-pyrrole nitrogens is 1. The van der Waals surface area contributed by atoms with E-state index in [4.69, 9.17) is 0 Å². The number of nitrogens with one attached hydrogen (secondary N) is 2. The van der Waals surface area contributed by atoms with E-state index in [1.165, 1.54) is 0 Å². The fourth-order valence-electron chi connectivity index (χ4n) is 1.85. The zero-order chi connectivity index (χ0) is 15.4. The number of aromatic nitrogens is 7. The van der Waals surface area contributed by atoms with Crippen LogP contribution < -0.4 is 5.32 Å². The average molecular weight is 298 g/mol. The third-order valence-corrected chi connectivity index (χ3v) is 3.06. The molecule has 22 heavy (non-hydrogen) atoms. The normalized spacial score (nSPS) is 12.0. The predicted octanol–water partition coefficient (Wildman–Crippen LogP) is 0.336. The summed E-state index contributed by atoms with van der Waals surface area (Å²) in [5.74, 6) is 0.834. The number of hydrogen-bond donors (Lipinski definition) is 2. The summed E-state index contributed by atoms with van der Waals surface area (Å²) < 4.78 is 1.58. The van der Waals surface area contributed by atoms with Crippen molar-refractivity contribution >= 4 is 5.91 Å². The van der Waals surface area contributed by atoms with Crippen LogP contribution in [0, 0.1) is 0 Å². The van der Waals surface area contributed by atoms with Crippen molar-refractivity contribution in [3.05, 3.63) is 42.9 Å². The van der Waals surface area contributed by atoms with Gasteiger partial charge in [0.1, 0.15) is 17.6 Å². The van der Waals surface area contributed by atoms with E-state index in [2.05, 4.69) is 35.6 Å². The van der Waals surface area contributed by atoms with Crippen molar-refractivity contribution in [1.29, 1.82) is 0 Å². The lowest BCUT2D eigenvalue weighted by Gasteiger charge is -2.11. The van der Waals surface area contributed by atoms with E-state index in [1.807, 2.05) is 0 Å². The first-order valence-electron chi connectivity index (χ1n) is 6.68. The molecule has 0 bridgehead atoms. The van der Waals surface area contributed by atoms with Gasteiger partial charge in [-0.25, -0.2) is 9.97 Å². The first-order valence-corrected chi connectivity index (χ1v) is 6.68. The van der Waals surface area contributed by atoms with E-state index >= 15 is 0 Å². The fraction of sp³-hybridized carbons (Fsp3) is 0.231. The standard InChI is InChI=1S/C13H14N8O/c1-9(21-6-2-3-17-21)13(22)16-8-11-18-12(20-19-11)10-7-14-4-5-15-10/h2-7,9H,8H2,1H3,(H,16,22)(H,18,19,20)/t9-/m1/s1. The molecule has 3 heterocycles. The van der Waals surface area contributed by atoms with E-state index in [-0.39, 0.29) is 12.5 Å². The number of nitrogens with zero attached hydrogens (tertiary/aromatic N) is 6. The van der Waals surface area contributed by atoms with Crippen LogP contribution in [0.3, 0.4) is 0 Å². The van der Waals surface area contributed by atoms with Gasteiger partial charge in [-0.15, -0.1) is 0 Å². The summed E-state index contributed by atoms with van der Waals surface area (Å²) in [5.41, 5.74) is 0.571. The number of hydrogen-bond acceptors (Lipinski definition) is 6.